The van der Waals surface area contributed by atoms with Crippen molar-refractivity contribution in [1.82, 2.24) is 15.5 Å². The molecule has 20 heavy (non-hydrogen) atoms. The summed E-state index contributed by atoms with van der Waals surface area (Å²) in [4.78, 5) is 14.7. The van der Waals surface area contributed by atoms with Crippen molar-refractivity contribution in [3.63, 3.8) is 0 Å². The van der Waals surface area contributed by atoms with Crippen molar-refractivity contribution in [2.45, 2.75) is 6.42 Å². The molecule has 0 radical (unpaired) electrons. The molecular formula is C12H14N4O4. The van der Waals surface area contributed by atoms with Crippen LogP contribution in [0.4, 0.5) is 5.69 Å². The number of methoxy groups -OCH3 is 1. The van der Waals surface area contributed by atoms with Crippen molar-refractivity contribution in [3.05, 3.63) is 34.1 Å². The third-order valence-electron chi connectivity index (χ3n) is 2.69. The molecule has 0 amide bonds. The van der Waals surface area contributed by atoms with Gasteiger partial charge in [-0.1, -0.05) is 11.2 Å². The molecular weight excluding hydrogens is 264 g/mol. The molecule has 1 heterocycles. The molecule has 0 aliphatic rings. The lowest BCUT2D eigenvalue weighted by molar-refractivity contribution is -0.385. The Morgan fingerprint density at radius 3 is 2.95 bits per heavy atom. The number of para-hydroxylation sites is 1. The Morgan fingerprint density at radius 2 is 2.30 bits per heavy atom. The Labute approximate surface area is 114 Å². The minimum atomic E-state index is -0.513. The van der Waals surface area contributed by atoms with E-state index in [2.05, 4.69) is 15.5 Å². The van der Waals surface area contributed by atoms with Gasteiger partial charge >= 0.3 is 5.69 Å². The van der Waals surface area contributed by atoms with Gasteiger partial charge in [-0.25, -0.2) is 0 Å². The highest BCUT2D eigenvalue weighted by Crippen LogP contribution is 2.36. The number of rotatable bonds is 6. The van der Waals surface area contributed by atoms with Gasteiger partial charge in [0.05, 0.1) is 17.6 Å². The molecule has 2 rings (SSSR count). The maximum Gasteiger partial charge on any atom is 0.311 e. The van der Waals surface area contributed by atoms with Gasteiger partial charge in [-0.15, -0.1) is 0 Å². The van der Waals surface area contributed by atoms with Crippen LogP contribution in [0.15, 0.2) is 22.7 Å². The molecule has 2 aromatic rings. The molecule has 106 valence electrons. The molecule has 0 aliphatic carbocycles. The molecule has 0 bridgehead atoms. The third kappa shape index (κ3) is 2.75. The number of hydrogen-bond donors (Lipinski definition) is 1. The molecule has 0 spiro atoms. The van der Waals surface area contributed by atoms with E-state index < -0.39 is 4.92 Å². The first-order valence-electron chi connectivity index (χ1n) is 5.96. The van der Waals surface area contributed by atoms with Crippen LogP contribution in [-0.4, -0.2) is 35.8 Å². The second kappa shape index (κ2) is 6.11. The molecule has 0 unspecified atom stereocenters. The molecule has 1 N–H and O–H groups in total. The molecule has 8 nitrogen and oxygen atoms in total. The minimum Gasteiger partial charge on any atom is -0.490 e. The second-order valence-electron chi connectivity index (χ2n) is 3.98. The van der Waals surface area contributed by atoms with Crippen LogP contribution in [0, 0.1) is 10.1 Å². The third-order valence-corrected chi connectivity index (χ3v) is 2.69. The number of nitrogens with zero attached hydrogens (tertiary/aromatic N) is 3. The second-order valence-corrected chi connectivity index (χ2v) is 3.98. The highest BCUT2D eigenvalue weighted by atomic mass is 16.6. The van der Waals surface area contributed by atoms with Crippen LogP contribution >= 0.6 is 0 Å². The number of hydrogen-bond acceptors (Lipinski definition) is 7. The van der Waals surface area contributed by atoms with Crippen molar-refractivity contribution >= 4 is 5.69 Å². The average molecular weight is 278 g/mol. The first-order chi connectivity index (χ1) is 9.67. The number of nitro benzene ring substituents is 1. The standard InChI is InChI=1S/C12H14N4O4/c1-13-7-6-10-14-12(20-15-10)8-4-3-5-9(16(17)18)11(8)19-2/h3-5,13H,6-7H2,1-2H3. The van der Waals surface area contributed by atoms with E-state index in [4.69, 9.17) is 9.26 Å². The number of benzene rings is 1. The van der Waals surface area contributed by atoms with Gasteiger partial charge in [0.2, 0.25) is 5.75 Å². The van der Waals surface area contributed by atoms with E-state index in [9.17, 15) is 10.1 Å². The maximum absolute atomic E-state index is 11.0. The summed E-state index contributed by atoms with van der Waals surface area (Å²) in [6.45, 7) is 0.713. The Bertz CT molecular complexity index is 611. The van der Waals surface area contributed by atoms with Crippen LogP contribution < -0.4 is 10.1 Å². The smallest absolute Gasteiger partial charge is 0.311 e. The van der Waals surface area contributed by atoms with Gasteiger partial charge in [0, 0.05) is 19.0 Å². The fourth-order valence-corrected chi connectivity index (χ4v) is 1.75. The summed E-state index contributed by atoms with van der Waals surface area (Å²) in [6, 6.07) is 4.55. The summed E-state index contributed by atoms with van der Waals surface area (Å²) in [7, 11) is 3.19. The first kappa shape index (κ1) is 13.9. The monoisotopic (exact) mass is 278 g/mol. The lowest BCUT2D eigenvalue weighted by Gasteiger charge is -2.04. The molecule has 0 atom stereocenters. The molecule has 0 saturated carbocycles. The normalized spacial score (nSPS) is 10.5. The van der Waals surface area contributed by atoms with E-state index in [0.29, 0.717) is 24.4 Å². The molecule has 1 aromatic carbocycles. The quantitative estimate of drug-likeness (QED) is 0.629. The van der Waals surface area contributed by atoms with Gasteiger partial charge in [-0.05, 0) is 13.1 Å². The summed E-state index contributed by atoms with van der Waals surface area (Å²) in [5.74, 6) is 0.848. The lowest BCUT2D eigenvalue weighted by atomic mass is 10.1. The molecule has 0 saturated heterocycles. The summed E-state index contributed by atoms with van der Waals surface area (Å²) in [5.41, 5.74) is 0.268. The van der Waals surface area contributed by atoms with Gasteiger partial charge in [-0.3, -0.25) is 10.1 Å². The first-order valence-corrected chi connectivity index (χ1v) is 5.96. The molecule has 0 fully saturated rings. The van der Waals surface area contributed by atoms with E-state index in [1.807, 2.05) is 7.05 Å². The maximum atomic E-state index is 11.0. The summed E-state index contributed by atoms with van der Waals surface area (Å²) < 4.78 is 10.2. The van der Waals surface area contributed by atoms with Gasteiger partial charge in [0.1, 0.15) is 0 Å². The number of aromatic nitrogens is 2. The van der Waals surface area contributed by atoms with E-state index in [1.165, 1.54) is 13.2 Å². The van der Waals surface area contributed by atoms with Crippen molar-refractivity contribution in [1.29, 1.82) is 0 Å². The van der Waals surface area contributed by atoms with Crippen LogP contribution in [0.3, 0.4) is 0 Å². The van der Waals surface area contributed by atoms with Gasteiger partial charge in [0.15, 0.2) is 5.82 Å². The zero-order chi connectivity index (χ0) is 14.5. The van der Waals surface area contributed by atoms with E-state index >= 15 is 0 Å². The summed E-state index contributed by atoms with van der Waals surface area (Å²) >= 11 is 0. The van der Waals surface area contributed by atoms with Crippen LogP contribution in [0.25, 0.3) is 11.5 Å². The highest BCUT2D eigenvalue weighted by Gasteiger charge is 2.22. The Morgan fingerprint density at radius 1 is 1.50 bits per heavy atom. The SMILES string of the molecule is CNCCc1noc(-c2cccc([N+](=O)[O-])c2OC)n1. The lowest BCUT2D eigenvalue weighted by Crippen LogP contribution is -2.11. The average Bonchev–Trinajstić information content (AvgIpc) is 2.92. The zero-order valence-corrected chi connectivity index (χ0v) is 11.1. The molecule has 0 aliphatic heterocycles. The topological polar surface area (TPSA) is 103 Å². The van der Waals surface area contributed by atoms with E-state index in [1.54, 1.807) is 12.1 Å². The van der Waals surface area contributed by atoms with Crippen LogP contribution in [-0.2, 0) is 6.42 Å². The zero-order valence-electron chi connectivity index (χ0n) is 11.1. The number of nitrogens with one attached hydrogen (secondary N) is 1. The Hall–Kier alpha value is -2.48. The van der Waals surface area contributed by atoms with Crippen molar-refractivity contribution < 1.29 is 14.2 Å². The summed E-state index contributed by atoms with van der Waals surface area (Å²) in [5, 5.41) is 17.8. The van der Waals surface area contributed by atoms with Gasteiger partial charge in [0.25, 0.3) is 5.89 Å². The fourth-order valence-electron chi connectivity index (χ4n) is 1.75. The van der Waals surface area contributed by atoms with Crippen molar-refractivity contribution in [2.75, 3.05) is 20.7 Å². The summed E-state index contributed by atoms with van der Waals surface area (Å²) in [6.07, 6.45) is 0.608. The minimum absolute atomic E-state index is 0.112. The van der Waals surface area contributed by atoms with Crippen LogP contribution in [0.5, 0.6) is 5.75 Å². The van der Waals surface area contributed by atoms with Crippen molar-refractivity contribution in [2.24, 2.45) is 0 Å². The number of likely N-dealkylation sites (N-methyl/N-ethyl adjacent to an activating group) is 1. The van der Waals surface area contributed by atoms with Gasteiger partial charge < -0.3 is 14.6 Å². The molecule has 8 heteroatoms. The molecule has 1 aromatic heterocycles. The predicted octanol–water partition coefficient (Wildman–Crippen LogP) is 1.42. The van der Waals surface area contributed by atoms with Gasteiger partial charge in [-0.2, -0.15) is 4.98 Å². The number of ether oxygens (including phenoxy) is 1. The van der Waals surface area contributed by atoms with E-state index in [0.717, 1.165) is 0 Å². The number of nitro groups is 1. The predicted molar refractivity (Wildman–Crippen MR) is 70.6 cm³/mol. The van der Waals surface area contributed by atoms with Crippen molar-refractivity contribution in [3.8, 4) is 17.2 Å². The van der Waals surface area contributed by atoms with Crippen LogP contribution in [0.2, 0.25) is 0 Å². The Balaban J connectivity index is 2.39. The largest absolute Gasteiger partial charge is 0.490 e. The van der Waals surface area contributed by atoms with E-state index in [-0.39, 0.29) is 17.3 Å². The fraction of sp³-hybridized carbons (Fsp3) is 0.333. The van der Waals surface area contributed by atoms with Crippen LogP contribution in [0.1, 0.15) is 5.82 Å². The Kier molecular flexibility index (Phi) is 4.26. The highest BCUT2D eigenvalue weighted by molar-refractivity contribution is 5.69.